The third-order valence-corrected chi connectivity index (χ3v) is 4.10. The number of rotatable bonds is 23. The van der Waals surface area contributed by atoms with E-state index in [1.165, 1.54) is 0 Å². The lowest BCUT2D eigenvalue weighted by molar-refractivity contribution is -0.127. The Bertz CT molecular complexity index is 374. The largest absolute Gasteiger partial charge is 0.379 e. The molecule has 0 bridgehead atoms. The molecule has 8 heteroatoms. The number of ether oxygens (including phenoxy) is 6. The van der Waals surface area contributed by atoms with E-state index in [1.54, 1.807) is 0 Å². The third-order valence-electron chi connectivity index (χ3n) is 4.10. The van der Waals surface area contributed by atoms with Crippen molar-refractivity contribution in [3.05, 3.63) is 0 Å². The fourth-order valence-electron chi connectivity index (χ4n) is 2.08. The first kappa shape index (κ1) is 29.1. The number of hydrogen-bond donors (Lipinski definition) is 0. The van der Waals surface area contributed by atoms with Crippen LogP contribution < -0.4 is 0 Å². The van der Waals surface area contributed by atoms with Gasteiger partial charge in [-0.1, -0.05) is 27.7 Å². The minimum atomic E-state index is 0.00502. The molecule has 178 valence electrons. The van der Waals surface area contributed by atoms with Gasteiger partial charge in [0, 0.05) is 24.9 Å². The maximum Gasteiger partial charge on any atom is 0.160 e. The third kappa shape index (κ3) is 20.4. The topological polar surface area (TPSA) is 89.5 Å². The molecule has 0 aromatic heterocycles. The Hall–Kier alpha value is -0.900. The quantitative estimate of drug-likeness (QED) is 0.226. The van der Waals surface area contributed by atoms with Gasteiger partial charge in [-0.3, -0.25) is 9.59 Å². The van der Waals surface area contributed by atoms with Gasteiger partial charge in [-0.05, 0) is 6.42 Å². The Balaban J connectivity index is 3.11. The maximum atomic E-state index is 11.4. The maximum absolute atomic E-state index is 11.4. The first-order valence-electron chi connectivity index (χ1n) is 11.0. The highest BCUT2D eigenvalue weighted by atomic mass is 16.6. The fourth-order valence-corrected chi connectivity index (χ4v) is 2.08. The molecule has 0 aliphatic heterocycles. The number of Topliss-reactive ketones (excluding diaryl/α,β-unsaturated/α-hetero) is 2. The molecule has 0 fully saturated rings. The average Bonchev–Trinajstić information content (AvgIpc) is 2.71. The molecule has 0 aromatic rings. The molecular formula is C22H42O8. The van der Waals surface area contributed by atoms with E-state index in [2.05, 4.69) is 0 Å². The first-order chi connectivity index (χ1) is 14.4. The zero-order chi connectivity index (χ0) is 22.5. The highest BCUT2D eigenvalue weighted by Crippen LogP contribution is 2.01. The standard InChI is InChI=1S/C22H42O8/c1-19(2)21(23)6-5-7-25-8-9-26-10-11-27-12-13-28-14-15-29-16-17-30-18-22(24)20(3)4/h19-20H,5-18H2,1-4H3. The SMILES string of the molecule is CC(C)C(=O)CCCOCCOCCOCCOCCOCCOCC(=O)C(C)C. The van der Waals surface area contributed by atoms with Gasteiger partial charge in [0.05, 0.1) is 66.1 Å². The molecule has 0 heterocycles. The van der Waals surface area contributed by atoms with Gasteiger partial charge in [0.1, 0.15) is 12.4 Å². The normalized spacial score (nSPS) is 11.5. The summed E-state index contributed by atoms with van der Waals surface area (Å²) in [4.78, 5) is 22.8. The minimum absolute atomic E-state index is 0.00502. The van der Waals surface area contributed by atoms with E-state index in [1.807, 2.05) is 27.7 Å². The summed E-state index contributed by atoms with van der Waals surface area (Å²) in [5.74, 6) is 0.489. The molecule has 0 aliphatic rings. The van der Waals surface area contributed by atoms with E-state index in [0.29, 0.717) is 79.1 Å². The first-order valence-corrected chi connectivity index (χ1v) is 11.0. The van der Waals surface area contributed by atoms with Gasteiger partial charge < -0.3 is 28.4 Å². The summed E-state index contributed by atoms with van der Waals surface area (Å²) in [5, 5.41) is 0. The summed E-state index contributed by atoms with van der Waals surface area (Å²) in [6, 6.07) is 0. The van der Waals surface area contributed by atoms with Crippen LogP contribution in [0.25, 0.3) is 0 Å². The summed E-state index contributed by atoms with van der Waals surface area (Å²) in [5.41, 5.74) is 0. The van der Waals surface area contributed by atoms with Gasteiger partial charge in [-0.25, -0.2) is 0 Å². The Morgan fingerprint density at radius 3 is 1.20 bits per heavy atom. The van der Waals surface area contributed by atoms with E-state index in [0.717, 1.165) is 6.42 Å². The van der Waals surface area contributed by atoms with Gasteiger partial charge in [-0.15, -0.1) is 0 Å². The molecule has 0 aliphatic carbocycles. The molecule has 30 heavy (non-hydrogen) atoms. The van der Waals surface area contributed by atoms with Crippen LogP contribution in [0.1, 0.15) is 40.5 Å². The molecule has 0 saturated heterocycles. The van der Waals surface area contributed by atoms with Crippen molar-refractivity contribution >= 4 is 11.6 Å². The smallest absolute Gasteiger partial charge is 0.160 e. The number of carbonyl (C=O) groups is 2. The molecule has 0 radical (unpaired) electrons. The molecule has 8 nitrogen and oxygen atoms in total. The Morgan fingerprint density at radius 1 is 0.500 bits per heavy atom. The van der Waals surface area contributed by atoms with Gasteiger partial charge in [-0.2, -0.15) is 0 Å². The van der Waals surface area contributed by atoms with Crippen molar-refractivity contribution in [2.24, 2.45) is 11.8 Å². The molecule has 0 aromatic carbocycles. The monoisotopic (exact) mass is 434 g/mol. The summed E-state index contributed by atoms with van der Waals surface area (Å²) in [7, 11) is 0. The van der Waals surface area contributed by atoms with Gasteiger partial charge in [0.15, 0.2) is 5.78 Å². The zero-order valence-corrected chi connectivity index (χ0v) is 19.3. The second-order valence-corrected chi connectivity index (χ2v) is 7.46. The molecule has 0 rings (SSSR count). The Labute approximate surface area is 181 Å². The fraction of sp³-hybridized carbons (Fsp3) is 0.909. The van der Waals surface area contributed by atoms with E-state index in [9.17, 15) is 9.59 Å². The van der Waals surface area contributed by atoms with Crippen LogP contribution in [0.4, 0.5) is 0 Å². The highest BCUT2D eigenvalue weighted by Gasteiger charge is 2.06. The lowest BCUT2D eigenvalue weighted by Crippen LogP contribution is -2.17. The Morgan fingerprint density at radius 2 is 0.833 bits per heavy atom. The van der Waals surface area contributed by atoms with Crippen molar-refractivity contribution in [1.82, 2.24) is 0 Å². The van der Waals surface area contributed by atoms with Crippen LogP contribution in [0, 0.1) is 11.8 Å². The van der Waals surface area contributed by atoms with Crippen LogP contribution in [0.3, 0.4) is 0 Å². The molecule has 0 N–H and O–H groups in total. The molecule has 0 spiro atoms. The molecule has 0 amide bonds. The van der Waals surface area contributed by atoms with Gasteiger partial charge >= 0.3 is 0 Å². The van der Waals surface area contributed by atoms with Crippen LogP contribution in [0.2, 0.25) is 0 Å². The second-order valence-electron chi connectivity index (χ2n) is 7.46. The second kappa shape index (κ2) is 21.3. The summed E-state index contributed by atoms with van der Waals surface area (Å²) in [6.45, 7) is 13.2. The van der Waals surface area contributed by atoms with Crippen molar-refractivity contribution in [3.63, 3.8) is 0 Å². The van der Waals surface area contributed by atoms with Crippen LogP contribution in [0.5, 0.6) is 0 Å². The lowest BCUT2D eigenvalue weighted by atomic mass is 10.1. The number of ketones is 2. The average molecular weight is 435 g/mol. The predicted octanol–water partition coefficient (Wildman–Crippen LogP) is 2.32. The number of hydrogen-bond acceptors (Lipinski definition) is 8. The predicted molar refractivity (Wildman–Crippen MR) is 114 cm³/mol. The zero-order valence-electron chi connectivity index (χ0n) is 19.3. The van der Waals surface area contributed by atoms with E-state index in [-0.39, 0.29) is 30.0 Å². The number of carbonyl (C=O) groups excluding carboxylic acids is 2. The molecular weight excluding hydrogens is 392 g/mol. The van der Waals surface area contributed by atoms with Crippen molar-refractivity contribution < 1.29 is 38.0 Å². The van der Waals surface area contributed by atoms with Crippen LogP contribution in [0.15, 0.2) is 0 Å². The van der Waals surface area contributed by atoms with Gasteiger partial charge in [0.2, 0.25) is 0 Å². The van der Waals surface area contributed by atoms with Crippen molar-refractivity contribution in [2.75, 3.05) is 79.3 Å². The van der Waals surface area contributed by atoms with Crippen molar-refractivity contribution in [3.8, 4) is 0 Å². The van der Waals surface area contributed by atoms with E-state index < -0.39 is 0 Å². The van der Waals surface area contributed by atoms with E-state index >= 15 is 0 Å². The van der Waals surface area contributed by atoms with Crippen LogP contribution in [-0.2, 0) is 38.0 Å². The minimum Gasteiger partial charge on any atom is -0.379 e. The summed E-state index contributed by atoms with van der Waals surface area (Å²) >= 11 is 0. The van der Waals surface area contributed by atoms with Gasteiger partial charge in [0.25, 0.3) is 0 Å². The lowest BCUT2D eigenvalue weighted by Gasteiger charge is -2.08. The van der Waals surface area contributed by atoms with Crippen molar-refractivity contribution in [2.45, 2.75) is 40.5 Å². The molecule has 0 unspecified atom stereocenters. The summed E-state index contributed by atoms with van der Waals surface area (Å²) < 4.78 is 32.2. The molecule has 0 atom stereocenters. The highest BCUT2D eigenvalue weighted by molar-refractivity contribution is 5.81. The van der Waals surface area contributed by atoms with E-state index in [4.69, 9.17) is 28.4 Å². The molecule has 0 saturated carbocycles. The summed E-state index contributed by atoms with van der Waals surface area (Å²) in [6.07, 6.45) is 1.34. The van der Waals surface area contributed by atoms with Crippen LogP contribution >= 0.6 is 0 Å². The van der Waals surface area contributed by atoms with Crippen molar-refractivity contribution in [1.29, 1.82) is 0 Å². The Kier molecular flexibility index (Phi) is 20.7. The van der Waals surface area contributed by atoms with Crippen LogP contribution in [-0.4, -0.2) is 90.8 Å².